The Morgan fingerprint density at radius 3 is 2.73 bits per heavy atom. The summed E-state index contributed by atoms with van der Waals surface area (Å²) in [4.78, 5) is 12.2. The van der Waals surface area contributed by atoms with Crippen LogP contribution in [0.5, 0.6) is 0 Å². The first kappa shape index (κ1) is 14.4. The van der Waals surface area contributed by atoms with Gasteiger partial charge in [0.1, 0.15) is 5.58 Å². The molecule has 0 bridgehead atoms. The van der Waals surface area contributed by atoms with E-state index < -0.39 is 0 Å². The highest BCUT2D eigenvalue weighted by atomic mass is 16.3. The van der Waals surface area contributed by atoms with Gasteiger partial charge in [0.05, 0.1) is 12.7 Å². The molecule has 0 saturated carbocycles. The predicted octanol–water partition coefficient (Wildman–Crippen LogP) is 4.54. The van der Waals surface area contributed by atoms with Crippen molar-refractivity contribution in [2.75, 3.05) is 5.32 Å². The monoisotopic (exact) mass is 293 g/mol. The van der Waals surface area contributed by atoms with Crippen molar-refractivity contribution in [1.29, 1.82) is 0 Å². The number of fused-ring (bicyclic) bond motifs is 1. The van der Waals surface area contributed by atoms with Crippen LogP contribution in [-0.4, -0.2) is 5.91 Å². The molecule has 0 radical (unpaired) electrons. The van der Waals surface area contributed by atoms with Gasteiger partial charge in [-0.05, 0) is 49.6 Å². The van der Waals surface area contributed by atoms with Crippen LogP contribution in [0.1, 0.15) is 22.3 Å². The summed E-state index contributed by atoms with van der Waals surface area (Å²) in [5.74, 6) is -0.0356. The maximum atomic E-state index is 12.2. The molecular weight excluding hydrogens is 274 g/mol. The highest BCUT2D eigenvalue weighted by Gasteiger charge is 2.13. The zero-order valence-corrected chi connectivity index (χ0v) is 13.1. The van der Waals surface area contributed by atoms with Gasteiger partial charge in [0.25, 0.3) is 0 Å². The van der Waals surface area contributed by atoms with E-state index in [-0.39, 0.29) is 5.91 Å². The van der Waals surface area contributed by atoms with Crippen molar-refractivity contribution in [2.24, 2.45) is 0 Å². The number of anilines is 1. The minimum atomic E-state index is -0.0356. The molecule has 0 aliphatic rings. The Balaban J connectivity index is 1.81. The van der Waals surface area contributed by atoms with E-state index in [1.54, 1.807) is 6.26 Å². The first-order valence-corrected chi connectivity index (χ1v) is 7.37. The van der Waals surface area contributed by atoms with Gasteiger partial charge in [0, 0.05) is 16.6 Å². The van der Waals surface area contributed by atoms with Crippen LogP contribution < -0.4 is 5.32 Å². The normalized spacial score (nSPS) is 10.9. The molecule has 3 nitrogen and oxygen atoms in total. The smallest absolute Gasteiger partial charge is 0.228 e. The van der Waals surface area contributed by atoms with Crippen LogP contribution in [-0.2, 0) is 11.2 Å². The van der Waals surface area contributed by atoms with Crippen LogP contribution in [0.4, 0.5) is 5.69 Å². The van der Waals surface area contributed by atoms with E-state index in [1.165, 1.54) is 5.56 Å². The van der Waals surface area contributed by atoms with E-state index in [4.69, 9.17) is 4.42 Å². The molecule has 1 N–H and O–H groups in total. The van der Waals surface area contributed by atoms with Crippen molar-refractivity contribution in [3.63, 3.8) is 0 Å². The number of nitrogens with one attached hydrogen (secondary N) is 1. The average Bonchev–Trinajstić information content (AvgIpc) is 2.86. The Kier molecular flexibility index (Phi) is 3.72. The highest BCUT2D eigenvalue weighted by Crippen LogP contribution is 2.27. The lowest BCUT2D eigenvalue weighted by molar-refractivity contribution is -0.115. The molecule has 1 aromatic heterocycles. The van der Waals surface area contributed by atoms with Crippen molar-refractivity contribution >= 4 is 22.6 Å². The first-order chi connectivity index (χ1) is 10.5. The van der Waals surface area contributed by atoms with Crippen molar-refractivity contribution in [3.05, 3.63) is 64.9 Å². The molecule has 0 spiro atoms. The maximum Gasteiger partial charge on any atom is 0.228 e. The molecule has 1 amide bonds. The third-order valence-electron chi connectivity index (χ3n) is 3.99. The average molecular weight is 293 g/mol. The van der Waals surface area contributed by atoms with E-state index in [1.807, 2.05) is 44.2 Å². The third kappa shape index (κ3) is 2.75. The molecule has 3 rings (SSSR count). The lowest BCUT2D eigenvalue weighted by Gasteiger charge is -2.05. The van der Waals surface area contributed by atoms with E-state index in [2.05, 4.69) is 18.3 Å². The molecule has 112 valence electrons. The zero-order valence-electron chi connectivity index (χ0n) is 13.1. The Hall–Kier alpha value is -2.55. The fourth-order valence-corrected chi connectivity index (χ4v) is 2.63. The van der Waals surface area contributed by atoms with Crippen LogP contribution in [0.3, 0.4) is 0 Å². The van der Waals surface area contributed by atoms with Gasteiger partial charge >= 0.3 is 0 Å². The molecule has 0 aliphatic heterocycles. The molecule has 2 aromatic carbocycles. The lowest BCUT2D eigenvalue weighted by Crippen LogP contribution is -2.14. The Labute approximate surface area is 130 Å². The van der Waals surface area contributed by atoms with Crippen LogP contribution in [0.25, 0.3) is 11.0 Å². The van der Waals surface area contributed by atoms with E-state index in [9.17, 15) is 4.79 Å². The first-order valence-electron chi connectivity index (χ1n) is 7.37. The number of furan rings is 1. The summed E-state index contributed by atoms with van der Waals surface area (Å²) in [6.07, 6.45) is 2.00. The van der Waals surface area contributed by atoms with Crippen LogP contribution >= 0.6 is 0 Å². The summed E-state index contributed by atoms with van der Waals surface area (Å²) in [7, 11) is 0. The zero-order chi connectivity index (χ0) is 15.7. The van der Waals surface area contributed by atoms with Gasteiger partial charge in [0.2, 0.25) is 5.91 Å². The topological polar surface area (TPSA) is 42.2 Å². The van der Waals surface area contributed by atoms with Crippen LogP contribution in [0, 0.1) is 20.8 Å². The van der Waals surface area contributed by atoms with Gasteiger partial charge < -0.3 is 9.73 Å². The molecule has 0 fully saturated rings. The number of aryl methyl sites for hydroxylation is 3. The van der Waals surface area contributed by atoms with Gasteiger partial charge in [-0.3, -0.25) is 4.79 Å². The summed E-state index contributed by atoms with van der Waals surface area (Å²) >= 11 is 0. The number of hydrogen-bond acceptors (Lipinski definition) is 2. The number of amides is 1. The molecule has 1 heterocycles. The quantitative estimate of drug-likeness (QED) is 0.770. The van der Waals surface area contributed by atoms with Gasteiger partial charge in [-0.15, -0.1) is 0 Å². The minimum absolute atomic E-state index is 0.0356. The second-order valence-corrected chi connectivity index (χ2v) is 5.74. The Morgan fingerprint density at radius 2 is 1.95 bits per heavy atom. The standard InChI is InChI=1S/C19H19NO2/c1-12-5-4-6-16(9-12)20-18(21)10-15-11-22-19-14(3)13(2)7-8-17(15)19/h4-9,11H,10H2,1-3H3,(H,20,21). The summed E-state index contributed by atoms with van der Waals surface area (Å²) < 4.78 is 5.65. The molecular formula is C19H19NO2. The molecule has 0 atom stereocenters. The fraction of sp³-hybridized carbons (Fsp3) is 0.211. The SMILES string of the molecule is Cc1cccc(NC(=O)Cc2coc3c(C)c(C)ccc23)c1. The van der Waals surface area contributed by atoms with Crippen LogP contribution in [0.15, 0.2) is 47.1 Å². The summed E-state index contributed by atoms with van der Waals surface area (Å²) in [5, 5.41) is 3.95. The lowest BCUT2D eigenvalue weighted by atomic mass is 10.0. The highest BCUT2D eigenvalue weighted by molar-refractivity contribution is 5.96. The minimum Gasteiger partial charge on any atom is -0.464 e. The molecule has 0 unspecified atom stereocenters. The molecule has 0 saturated heterocycles. The summed E-state index contributed by atoms with van der Waals surface area (Å²) in [6.45, 7) is 6.10. The number of benzene rings is 2. The number of carbonyl (C=O) groups excluding carboxylic acids is 1. The van der Waals surface area contributed by atoms with Crippen molar-refractivity contribution in [2.45, 2.75) is 27.2 Å². The number of rotatable bonds is 3. The van der Waals surface area contributed by atoms with Gasteiger partial charge in [0.15, 0.2) is 0 Å². The molecule has 0 aliphatic carbocycles. The Morgan fingerprint density at radius 1 is 1.14 bits per heavy atom. The van der Waals surface area contributed by atoms with Gasteiger partial charge in [-0.2, -0.15) is 0 Å². The third-order valence-corrected chi connectivity index (χ3v) is 3.99. The van der Waals surface area contributed by atoms with Crippen molar-refractivity contribution < 1.29 is 9.21 Å². The molecule has 3 heteroatoms. The fourth-order valence-electron chi connectivity index (χ4n) is 2.63. The van der Waals surface area contributed by atoms with Crippen LogP contribution in [0.2, 0.25) is 0 Å². The second-order valence-electron chi connectivity index (χ2n) is 5.74. The van der Waals surface area contributed by atoms with Gasteiger partial charge in [-0.1, -0.05) is 24.3 Å². The van der Waals surface area contributed by atoms with Gasteiger partial charge in [-0.25, -0.2) is 0 Å². The largest absolute Gasteiger partial charge is 0.464 e. The summed E-state index contributed by atoms with van der Waals surface area (Å²) in [6, 6.07) is 11.9. The molecule has 22 heavy (non-hydrogen) atoms. The predicted molar refractivity (Wildman–Crippen MR) is 89.2 cm³/mol. The summed E-state index contributed by atoms with van der Waals surface area (Å²) in [5.41, 5.74) is 6.06. The van der Waals surface area contributed by atoms with E-state index >= 15 is 0 Å². The number of hydrogen-bond donors (Lipinski definition) is 1. The van der Waals surface area contributed by atoms with Crippen molar-refractivity contribution in [1.82, 2.24) is 0 Å². The van der Waals surface area contributed by atoms with E-state index in [0.29, 0.717) is 6.42 Å². The van der Waals surface area contributed by atoms with Crippen molar-refractivity contribution in [3.8, 4) is 0 Å². The number of carbonyl (C=O) groups is 1. The maximum absolute atomic E-state index is 12.2. The Bertz CT molecular complexity index is 846. The second kappa shape index (κ2) is 5.68. The van der Waals surface area contributed by atoms with E-state index in [0.717, 1.165) is 33.3 Å². The molecule has 3 aromatic rings.